The van der Waals surface area contributed by atoms with Crippen LogP contribution < -0.4 is 10.6 Å². The van der Waals surface area contributed by atoms with E-state index in [1.54, 1.807) is 0 Å². The lowest BCUT2D eigenvalue weighted by atomic mass is 10.2. The average Bonchev–Trinajstić information content (AvgIpc) is 2.65. The Morgan fingerprint density at radius 3 is 2.28 bits per heavy atom. The molecule has 0 radical (unpaired) electrons. The van der Waals surface area contributed by atoms with E-state index in [-0.39, 0.29) is 0 Å². The fourth-order valence-electron chi connectivity index (χ4n) is 2.51. The van der Waals surface area contributed by atoms with E-state index in [1.807, 2.05) is 12.1 Å². The van der Waals surface area contributed by atoms with Crippen LogP contribution in [0.2, 0.25) is 0 Å². The first-order valence-corrected chi connectivity index (χ1v) is 7.05. The molecule has 1 fully saturated rings. The fourth-order valence-corrected chi connectivity index (χ4v) is 2.51. The maximum absolute atomic E-state index is 5.71. The van der Waals surface area contributed by atoms with Crippen molar-refractivity contribution in [1.29, 1.82) is 0 Å². The van der Waals surface area contributed by atoms with Gasteiger partial charge in [0.1, 0.15) is 0 Å². The summed E-state index contributed by atoms with van der Waals surface area (Å²) in [5.74, 6) is 0. The molecule has 0 amide bonds. The van der Waals surface area contributed by atoms with Crippen LogP contribution in [-0.4, -0.2) is 38.1 Å². The highest BCUT2D eigenvalue weighted by Crippen LogP contribution is 2.15. The van der Waals surface area contributed by atoms with Gasteiger partial charge in [-0.25, -0.2) is 0 Å². The third-order valence-corrected chi connectivity index (χ3v) is 3.78. The molecular weight excluding hydrogens is 222 g/mol. The van der Waals surface area contributed by atoms with Crippen molar-refractivity contribution >= 4 is 11.4 Å². The van der Waals surface area contributed by atoms with Crippen molar-refractivity contribution in [3.63, 3.8) is 0 Å². The van der Waals surface area contributed by atoms with E-state index in [4.69, 9.17) is 5.73 Å². The van der Waals surface area contributed by atoms with Crippen molar-refractivity contribution in [3.05, 3.63) is 24.3 Å². The molecule has 3 nitrogen and oxygen atoms in total. The molecule has 1 aromatic rings. The second-order valence-corrected chi connectivity index (χ2v) is 5.27. The summed E-state index contributed by atoms with van der Waals surface area (Å²) in [6.45, 7) is 4.80. The van der Waals surface area contributed by atoms with Crippen molar-refractivity contribution in [2.45, 2.75) is 25.7 Å². The molecule has 2 rings (SSSR count). The van der Waals surface area contributed by atoms with Crippen LogP contribution in [0.15, 0.2) is 24.3 Å². The van der Waals surface area contributed by atoms with Gasteiger partial charge in [0.2, 0.25) is 0 Å². The molecule has 2 N–H and O–H groups in total. The standard InChI is InChI=1S/C15H25N3/c1-17(15-8-6-14(16)7-9-15)12-13-18-10-4-2-3-5-11-18/h6-9H,2-5,10-13,16H2,1H3. The van der Waals surface area contributed by atoms with Crippen LogP contribution in [0.1, 0.15) is 25.7 Å². The highest BCUT2D eigenvalue weighted by atomic mass is 15.2. The molecular formula is C15H25N3. The van der Waals surface area contributed by atoms with Gasteiger partial charge in [0.25, 0.3) is 0 Å². The maximum atomic E-state index is 5.71. The smallest absolute Gasteiger partial charge is 0.0365 e. The number of nitrogens with zero attached hydrogens (tertiary/aromatic N) is 2. The molecule has 1 aromatic carbocycles. The normalized spacial score (nSPS) is 17.4. The predicted octanol–water partition coefficient (Wildman–Crippen LogP) is 2.58. The quantitative estimate of drug-likeness (QED) is 0.830. The number of rotatable bonds is 4. The zero-order valence-corrected chi connectivity index (χ0v) is 11.4. The molecule has 1 aliphatic heterocycles. The summed E-state index contributed by atoms with van der Waals surface area (Å²) in [4.78, 5) is 4.91. The lowest BCUT2D eigenvalue weighted by Crippen LogP contribution is -2.33. The van der Waals surface area contributed by atoms with Crippen molar-refractivity contribution in [3.8, 4) is 0 Å². The number of likely N-dealkylation sites (tertiary alicyclic amines) is 1. The molecule has 100 valence electrons. The van der Waals surface area contributed by atoms with Gasteiger partial charge in [0.05, 0.1) is 0 Å². The SMILES string of the molecule is CN(CCN1CCCCCC1)c1ccc(N)cc1. The Morgan fingerprint density at radius 2 is 1.67 bits per heavy atom. The van der Waals surface area contributed by atoms with Crippen molar-refractivity contribution in [2.75, 3.05) is 43.9 Å². The topological polar surface area (TPSA) is 32.5 Å². The highest BCUT2D eigenvalue weighted by Gasteiger charge is 2.09. The van der Waals surface area contributed by atoms with Crippen LogP contribution in [0.4, 0.5) is 11.4 Å². The van der Waals surface area contributed by atoms with Crippen LogP contribution in [0.3, 0.4) is 0 Å². The Kier molecular flexibility index (Phi) is 4.88. The Balaban J connectivity index is 1.80. The van der Waals surface area contributed by atoms with Gasteiger partial charge in [0, 0.05) is 31.5 Å². The molecule has 0 bridgehead atoms. The van der Waals surface area contributed by atoms with E-state index in [9.17, 15) is 0 Å². The number of likely N-dealkylation sites (N-methyl/N-ethyl adjacent to an activating group) is 1. The van der Waals surface area contributed by atoms with Crippen molar-refractivity contribution < 1.29 is 0 Å². The van der Waals surface area contributed by atoms with Gasteiger partial charge in [-0.05, 0) is 50.2 Å². The number of nitrogens with two attached hydrogens (primary N) is 1. The Labute approximate surface area is 111 Å². The maximum Gasteiger partial charge on any atom is 0.0365 e. The van der Waals surface area contributed by atoms with Crippen LogP contribution >= 0.6 is 0 Å². The van der Waals surface area contributed by atoms with Crippen molar-refractivity contribution in [2.24, 2.45) is 0 Å². The van der Waals surface area contributed by atoms with E-state index >= 15 is 0 Å². The van der Waals surface area contributed by atoms with E-state index in [1.165, 1.54) is 51.0 Å². The van der Waals surface area contributed by atoms with Crippen molar-refractivity contribution in [1.82, 2.24) is 4.90 Å². The summed E-state index contributed by atoms with van der Waals surface area (Å²) in [5, 5.41) is 0. The highest BCUT2D eigenvalue weighted by molar-refractivity contribution is 5.52. The number of benzene rings is 1. The number of hydrogen-bond acceptors (Lipinski definition) is 3. The summed E-state index contributed by atoms with van der Waals surface area (Å²) in [7, 11) is 2.16. The molecule has 1 saturated heterocycles. The van der Waals surface area contributed by atoms with Crippen LogP contribution in [0, 0.1) is 0 Å². The van der Waals surface area contributed by atoms with Gasteiger partial charge in [-0.3, -0.25) is 0 Å². The zero-order chi connectivity index (χ0) is 12.8. The fraction of sp³-hybridized carbons (Fsp3) is 0.600. The Hall–Kier alpha value is -1.22. The van der Waals surface area contributed by atoms with E-state index < -0.39 is 0 Å². The second-order valence-electron chi connectivity index (χ2n) is 5.27. The Morgan fingerprint density at radius 1 is 1.06 bits per heavy atom. The Bertz CT molecular complexity index is 339. The first-order valence-electron chi connectivity index (χ1n) is 7.05. The monoisotopic (exact) mass is 247 g/mol. The minimum atomic E-state index is 0.833. The molecule has 0 spiro atoms. The number of nitrogen functional groups attached to an aromatic ring is 1. The predicted molar refractivity (Wildman–Crippen MR) is 79.0 cm³/mol. The van der Waals surface area contributed by atoms with Gasteiger partial charge < -0.3 is 15.5 Å². The van der Waals surface area contributed by atoms with Gasteiger partial charge in [-0.1, -0.05) is 12.8 Å². The van der Waals surface area contributed by atoms with Gasteiger partial charge in [-0.2, -0.15) is 0 Å². The summed E-state index contributed by atoms with van der Waals surface area (Å²) < 4.78 is 0. The molecule has 3 heteroatoms. The molecule has 0 unspecified atom stereocenters. The molecule has 1 heterocycles. The van der Waals surface area contributed by atoms with Crippen LogP contribution in [0.25, 0.3) is 0 Å². The van der Waals surface area contributed by atoms with E-state index in [2.05, 4.69) is 29.0 Å². The minimum Gasteiger partial charge on any atom is -0.399 e. The minimum absolute atomic E-state index is 0.833. The average molecular weight is 247 g/mol. The molecule has 1 aliphatic rings. The number of hydrogen-bond donors (Lipinski definition) is 1. The third-order valence-electron chi connectivity index (χ3n) is 3.78. The van der Waals surface area contributed by atoms with E-state index in [0.29, 0.717) is 0 Å². The first-order chi connectivity index (χ1) is 8.75. The lowest BCUT2D eigenvalue weighted by Gasteiger charge is -2.25. The van der Waals surface area contributed by atoms with Crippen LogP contribution in [0.5, 0.6) is 0 Å². The molecule has 0 saturated carbocycles. The second kappa shape index (κ2) is 6.64. The molecule has 0 aliphatic carbocycles. The van der Waals surface area contributed by atoms with Gasteiger partial charge in [-0.15, -0.1) is 0 Å². The van der Waals surface area contributed by atoms with Gasteiger partial charge in [0.15, 0.2) is 0 Å². The summed E-state index contributed by atoms with van der Waals surface area (Å²) in [5.41, 5.74) is 7.79. The summed E-state index contributed by atoms with van der Waals surface area (Å²) in [6.07, 6.45) is 5.55. The summed E-state index contributed by atoms with van der Waals surface area (Å²) in [6, 6.07) is 8.13. The molecule has 0 atom stereocenters. The van der Waals surface area contributed by atoms with Gasteiger partial charge >= 0.3 is 0 Å². The molecule has 0 aromatic heterocycles. The van der Waals surface area contributed by atoms with Crippen LogP contribution in [-0.2, 0) is 0 Å². The summed E-state index contributed by atoms with van der Waals surface area (Å²) >= 11 is 0. The molecule has 18 heavy (non-hydrogen) atoms. The number of anilines is 2. The van der Waals surface area contributed by atoms with E-state index in [0.717, 1.165) is 12.2 Å². The lowest BCUT2D eigenvalue weighted by molar-refractivity contribution is 0.292. The first kappa shape index (κ1) is 13.2. The largest absolute Gasteiger partial charge is 0.399 e. The zero-order valence-electron chi connectivity index (χ0n) is 11.4. The third kappa shape index (κ3) is 3.91.